The van der Waals surface area contributed by atoms with Gasteiger partial charge < -0.3 is 13.7 Å². The lowest BCUT2D eigenvalue weighted by Crippen LogP contribution is -2.41. The molecule has 3 nitrogen and oxygen atoms in total. The minimum atomic E-state index is -0.275. The van der Waals surface area contributed by atoms with Gasteiger partial charge in [0.15, 0.2) is 0 Å². The summed E-state index contributed by atoms with van der Waals surface area (Å²) in [6.45, 7) is 8.29. The Kier molecular flexibility index (Phi) is 2.25. The first-order valence-corrected chi connectivity index (χ1v) is 6.63. The number of benzene rings is 1. The molecule has 1 saturated heterocycles. The smallest absolute Gasteiger partial charge is 0.399 e. The summed E-state index contributed by atoms with van der Waals surface area (Å²) >= 11 is 1.65. The van der Waals surface area contributed by atoms with E-state index >= 15 is 0 Å². The van der Waals surface area contributed by atoms with Gasteiger partial charge in [-0.25, -0.2) is 0 Å². The van der Waals surface area contributed by atoms with Crippen molar-refractivity contribution >= 4 is 34.3 Å². The highest BCUT2D eigenvalue weighted by Gasteiger charge is 2.51. The van der Waals surface area contributed by atoms with E-state index in [0.29, 0.717) is 0 Å². The summed E-state index contributed by atoms with van der Waals surface area (Å²) < 4.78 is 16.5. The Bertz CT molecular complexity index is 542. The van der Waals surface area contributed by atoms with E-state index in [1.165, 1.54) is 10.2 Å². The summed E-state index contributed by atoms with van der Waals surface area (Å²) in [5.74, 6) is 0. The molecule has 0 unspecified atom stereocenters. The maximum Gasteiger partial charge on any atom is 0.494 e. The lowest BCUT2D eigenvalue weighted by molar-refractivity contribution is 0.00578. The summed E-state index contributed by atoms with van der Waals surface area (Å²) in [7, 11) is -0.266. The Labute approximate surface area is 105 Å². The lowest BCUT2D eigenvalue weighted by Gasteiger charge is -2.32. The average molecular weight is 249 g/mol. The van der Waals surface area contributed by atoms with Crippen molar-refractivity contribution in [1.29, 1.82) is 0 Å². The molecule has 17 heavy (non-hydrogen) atoms. The third-order valence-electron chi connectivity index (χ3n) is 3.80. The van der Waals surface area contributed by atoms with E-state index in [9.17, 15) is 0 Å². The molecule has 5 heteroatoms. The fourth-order valence-corrected chi connectivity index (χ4v) is 2.50. The molecule has 1 aromatic heterocycles. The van der Waals surface area contributed by atoms with Crippen LogP contribution >= 0.6 is 11.5 Å². The third-order valence-corrected chi connectivity index (χ3v) is 4.70. The summed E-state index contributed by atoms with van der Waals surface area (Å²) in [5, 5.41) is 0. The summed E-state index contributed by atoms with van der Waals surface area (Å²) in [5.41, 5.74) is 1.70. The van der Waals surface area contributed by atoms with Crippen LogP contribution in [-0.4, -0.2) is 22.7 Å². The number of hydrogen-bond donors (Lipinski definition) is 1. The number of H-pyrrole nitrogens is 1. The zero-order valence-corrected chi connectivity index (χ0v) is 11.4. The average Bonchev–Trinajstić information content (AvgIpc) is 2.38. The van der Waals surface area contributed by atoms with Crippen LogP contribution in [0.1, 0.15) is 27.7 Å². The van der Waals surface area contributed by atoms with Crippen LogP contribution in [0.25, 0.3) is 10.2 Å². The molecule has 0 atom stereocenters. The molecule has 0 bridgehead atoms. The van der Waals surface area contributed by atoms with Gasteiger partial charge in [0, 0.05) is 0 Å². The van der Waals surface area contributed by atoms with Gasteiger partial charge in [0.2, 0.25) is 0 Å². The summed E-state index contributed by atoms with van der Waals surface area (Å²) in [6, 6.07) is 6.29. The van der Waals surface area contributed by atoms with E-state index in [0.717, 1.165) is 5.46 Å². The zero-order valence-electron chi connectivity index (χ0n) is 10.5. The fraction of sp³-hybridized carbons (Fsp3) is 0.500. The number of aromatic amines is 1. The quantitative estimate of drug-likeness (QED) is 0.788. The van der Waals surface area contributed by atoms with Crippen molar-refractivity contribution in [2.75, 3.05) is 0 Å². The summed E-state index contributed by atoms with van der Waals surface area (Å²) in [4.78, 5) is 0. The maximum atomic E-state index is 6.01. The van der Waals surface area contributed by atoms with Gasteiger partial charge in [-0.2, -0.15) is 0 Å². The minimum Gasteiger partial charge on any atom is -0.399 e. The van der Waals surface area contributed by atoms with E-state index in [1.54, 1.807) is 11.5 Å². The van der Waals surface area contributed by atoms with Gasteiger partial charge in [-0.3, -0.25) is 0 Å². The molecule has 1 aliphatic heterocycles. The van der Waals surface area contributed by atoms with Crippen molar-refractivity contribution in [2.45, 2.75) is 38.9 Å². The van der Waals surface area contributed by atoms with Crippen LogP contribution in [-0.2, 0) is 9.31 Å². The second-order valence-electron chi connectivity index (χ2n) is 5.55. The highest BCUT2D eigenvalue weighted by Crippen LogP contribution is 2.36. The Morgan fingerprint density at radius 2 is 1.76 bits per heavy atom. The molecule has 0 radical (unpaired) electrons. The molecular weight excluding hydrogens is 233 g/mol. The number of aromatic nitrogens is 1. The molecular formula is C12H16BNO2S. The van der Waals surface area contributed by atoms with E-state index in [1.807, 2.05) is 0 Å². The molecule has 0 spiro atoms. The number of fused-ring (bicyclic) bond motifs is 1. The molecule has 1 aromatic carbocycles. The first kappa shape index (κ1) is 11.3. The molecule has 0 saturated carbocycles. The normalized spacial score (nSPS) is 22.5. The molecule has 0 amide bonds. The van der Waals surface area contributed by atoms with Crippen molar-refractivity contribution in [3.8, 4) is 0 Å². The molecule has 1 fully saturated rings. The number of hydrogen-bond acceptors (Lipinski definition) is 3. The zero-order chi connectivity index (χ0) is 12.3. The molecule has 3 rings (SSSR count). The third kappa shape index (κ3) is 1.65. The van der Waals surface area contributed by atoms with E-state index in [-0.39, 0.29) is 18.3 Å². The van der Waals surface area contributed by atoms with Crippen LogP contribution in [0.15, 0.2) is 18.2 Å². The predicted molar refractivity (Wildman–Crippen MR) is 71.9 cm³/mol. The van der Waals surface area contributed by atoms with Gasteiger partial charge in [0.05, 0.1) is 21.4 Å². The second-order valence-corrected chi connectivity index (χ2v) is 6.40. The van der Waals surface area contributed by atoms with Crippen LogP contribution in [0.3, 0.4) is 0 Å². The van der Waals surface area contributed by atoms with Gasteiger partial charge in [-0.05, 0) is 45.3 Å². The molecule has 1 N–H and O–H groups in total. The standard InChI is InChI=1S/C12H16BNO2S/c1-11(2)12(3,4)16-13(15-11)8-5-6-10-9(7-8)14-17-10/h5-7,14H,1-4H3. The van der Waals surface area contributed by atoms with Gasteiger partial charge >= 0.3 is 7.12 Å². The van der Waals surface area contributed by atoms with Crippen LogP contribution in [0.5, 0.6) is 0 Å². The van der Waals surface area contributed by atoms with E-state index < -0.39 is 0 Å². The predicted octanol–water partition coefficient (Wildman–Crippen LogP) is 2.53. The number of rotatable bonds is 1. The second kappa shape index (κ2) is 3.37. The van der Waals surface area contributed by atoms with Gasteiger partial charge in [0.1, 0.15) is 0 Å². The van der Waals surface area contributed by atoms with Gasteiger partial charge in [-0.15, -0.1) is 0 Å². The van der Waals surface area contributed by atoms with Crippen molar-refractivity contribution in [3.63, 3.8) is 0 Å². The van der Waals surface area contributed by atoms with Gasteiger partial charge in [0.25, 0.3) is 0 Å². The maximum absolute atomic E-state index is 6.01. The molecule has 2 aromatic rings. The first-order chi connectivity index (χ1) is 7.89. The first-order valence-electron chi connectivity index (χ1n) is 5.81. The Hall–Kier alpha value is -0.775. The van der Waals surface area contributed by atoms with Crippen molar-refractivity contribution < 1.29 is 9.31 Å². The highest BCUT2D eigenvalue weighted by molar-refractivity contribution is 7.15. The topological polar surface area (TPSA) is 34.2 Å². The van der Waals surface area contributed by atoms with Crippen molar-refractivity contribution in [2.24, 2.45) is 0 Å². The van der Waals surface area contributed by atoms with E-state index in [2.05, 4.69) is 50.3 Å². The lowest BCUT2D eigenvalue weighted by atomic mass is 9.79. The molecule has 1 aliphatic rings. The monoisotopic (exact) mass is 249 g/mol. The SMILES string of the molecule is CC1(C)OB(c2ccc3s[nH]c3c2)OC1(C)C. The molecule has 2 heterocycles. The van der Waals surface area contributed by atoms with Crippen LogP contribution in [0.4, 0.5) is 0 Å². The summed E-state index contributed by atoms with van der Waals surface area (Å²) in [6.07, 6.45) is 0. The molecule has 90 valence electrons. The Morgan fingerprint density at radius 3 is 2.24 bits per heavy atom. The van der Waals surface area contributed by atoms with E-state index in [4.69, 9.17) is 9.31 Å². The van der Waals surface area contributed by atoms with Crippen LogP contribution in [0, 0.1) is 0 Å². The molecule has 0 aliphatic carbocycles. The number of nitrogens with one attached hydrogen (secondary N) is 1. The largest absolute Gasteiger partial charge is 0.494 e. The van der Waals surface area contributed by atoms with Gasteiger partial charge in [-0.1, -0.05) is 17.6 Å². The Morgan fingerprint density at radius 1 is 1.12 bits per heavy atom. The Balaban J connectivity index is 1.93. The van der Waals surface area contributed by atoms with Crippen LogP contribution < -0.4 is 5.46 Å². The van der Waals surface area contributed by atoms with Crippen molar-refractivity contribution in [1.82, 2.24) is 4.37 Å². The highest BCUT2D eigenvalue weighted by atomic mass is 32.1. The fourth-order valence-electron chi connectivity index (χ4n) is 1.91. The van der Waals surface area contributed by atoms with Crippen molar-refractivity contribution in [3.05, 3.63) is 18.2 Å². The van der Waals surface area contributed by atoms with Crippen LogP contribution in [0.2, 0.25) is 0 Å². The minimum absolute atomic E-state index is 0.266.